The molecule has 4 aromatic rings. The number of nitrogens with one attached hydrogen (secondary N) is 1. The molecule has 6 nitrogen and oxygen atoms in total. The van der Waals surface area contributed by atoms with Crippen LogP contribution in [0.2, 0.25) is 0 Å². The predicted octanol–water partition coefficient (Wildman–Crippen LogP) is 5.45. The van der Waals surface area contributed by atoms with Crippen LogP contribution in [0.25, 0.3) is 0 Å². The van der Waals surface area contributed by atoms with Gasteiger partial charge in [-0.2, -0.15) is 5.10 Å². The zero-order chi connectivity index (χ0) is 22.7. The van der Waals surface area contributed by atoms with Gasteiger partial charge in [0, 0.05) is 0 Å². The number of anilines is 1. The maximum absolute atomic E-state index is 12.8. The fraction of sp³-hybridized carbons (Fsp3) is 0.160. The van der Waals surface area contributed by atoms with Gasteiger partial charge in [-0.15, -0.1) is 0 Å². The molecule has 1 heterocycles. The lowest BCUT2D eigenvalue weighted by atomic mass is 10.2. The Morgan fingerprint density at radius 1 is 0.875 bits per heavy atom. The van der Waals surface area contributed by atoms with Crippen LogP contribution in [0.4, 0.5) is 5.69 Å². The predicted molar refractivity (Wildman–Crippen MR) is 126 cm³/mol. The number of ether oxygens (including phenoxy) is 1. The second-order valence-electron chi connectivity index (χ2n) is 7.68. The summed E-state index contributed by atoms with van der Waals surface area (Å²) in [5.41, 5.74) is 3.87. The van der Waals surface area contributed by atoms with Gasteiger partial charge in [0.15, 0.2) is 0 Å². The van der Waals surface area contributed by atoms with Crippen LogP contribution in [-0.2, 0) is 16.6 Å². The summed E-state index contributed by atoms with van der Waals surface area (Å²) >= 11 is 0. The number of para-hydroxylation sites is 1. The van der Waals surface area contributed by atoms with Gasteiger partial charge in [-0.05, 0) is 62.7 Å². The molecule has 0 saturated heterocycles. The molecule has 0 bridgehead atoms. The van der Waals surface area contributed by atoms with Crippen molar-refractivity contribution in [2.45, 2.75) is 32.2 Å². The summed E-state index contributed by atoms with van der Waals surface area (Å²) in [4.78, 5) is 0.223. The molecule has 3 aromatic carbocycles. The molecule has 0 aliphatic heterocycles. The smallest absolute Gasteiger partial charge is 0.262 e. The van der Waals surface area contributed by atoms with Crippen molar-refractivity contribution in [3.8, 4) is 11.5 Å². The van der Waals surface area contributed by atoms with Crippen molar-refractivity contribution in [1.82, 2.24) is 9.78 Å². The maximum Gasteiger partial charge on any atom is 0.262 e. The Bertz CT molecular complexity index is 1330. The molecule has 0 fully saturated rings. The van der Waals surface area contributed by atoms with Gasteiger partial charge in [-0.25, -0.2) is 8.42 Å². The standard InChI is InChI=1S/C25H25N3O3S/c1-18-12-14-24(15-13-18)32(29,30)27-25-19(2)26-28(20(25)3)17-21-8-7-11-23(16-21)31-22-9-5-4-6-10-22/h4-16,27H,17H2,1-3H3. The highest BCUT2D eigenvalue weighted by Gasteiger charge is 2.20. The van der Waals surface area contributed by atoms with E-state index in [1.165, 1.54) is 0 Å². The number of benzene rings is 3. The van der Waals surface area contributed by atoms with Crippen LogP contribution in [0.15, 0.2) is 83.8 Å². The lowest BCUT2D eigenvalue weighted by Crippen LogP contribution is -2.14. The van der Waals surface area contributed by atoms with Crippen molar-refractivity contribution in [1.29, 1.82) is 0 Å². The molecule has 7 heteroatoms. The van der Waals surface area contributed by atoms with Gasteiger partial charge in [-0.3, -0.25) is 9.40 Å². The average Bonchev–Trinajstić information content (AvgIpc) is 3.02. The number of nitrogens with zero attached hydrogens (tertiary/aromatic N) is 2. The fourth-order valence-electron chi connectivity index (χ4n) is 3.41. The first-order valence-electron chi connectivity index (χ1n) is 10.3. The van der Waals surface area contributed by atoms with Crippen molar-refractivity contribution in [2.24, 2.45) is 0 Å². The summed E-state index contributed by atoms with van der Waals surface area (Å²) < 4.78 is 36.1. The summed E-state index contributed by atoms with van der Waals surface area (Å²) in [5.74, 6) is 1.50. The molecular formula is C25H25N3O3S. The summed E-state index contributed by atoms with van der Waals surface area (Å²) in [6, 6.07) is 24.1. The minimum atomic E-state index is -3.70. The quantitative estimate of drug-likeness (QED) is 0.409. The molecular weight excluding hydrogens is 422 g/mol. The number of sulfonamides is 1. The zero-order valence-electron chi connectivity index (χ0n) is 18.2. The molecule has 32 heavy (non-hydrogen) atoms. The van der Waals surface area contributed by atoms with Crippen molar-refractivity contribution in [3.05, 3.63) is 101 Å². The van der Waals surface area contributed by atoms with Crippen molar-refractivity contribution >= 4 is 15.7 Å². The van der Waals surface area contributed by atoms with Gasteiger partial charge in [0.05, 0.1) is 28.5 Å². The Morgan fingerprint density at radius 3 is 2.28 bits per heavy atom. The second kappa shape index (κ2) is 8.88. The van der Waals surface area contributed by atoms with Gasteiger partial charge >= 0.3 is 0 Å². The average molecular weight is 448 g/mol. The van der Waals surface area contributed by atoms with Crippen molar-refractivity contribution in [2.75, 3.05) is 4.72 Å². The van der Waals surface area contributed by atoms with Gasteiger partial charge in [0.25, 0.3) is 10.0 Å². The molecule has 0 saturated carbocycles. The lowest BCUT2D eigenvalue weighted by molar-refractivity contribution is 0.481. The summed E-state index contributed by atoms with van der Waals surface area (Å²) in [6.45, 7) is 6.07. The fourth-order valence-corrected chi connectivity index (χ4v) is 4.59. The number of hydrogen-bond donors (Lipinski definition) is 1. The van der Waals surface area contributed by atoms with E-state index in [2.05, 4.69) is 9.82 Å². The second-order valence-corrected chi connectivity index (χ2v) is 9.37. The molecule has 164 valence electrons. The summed E-state index contributed by atoms with van der Waals surface area (Å²) in [7, 11) is -3.70. The molecule has 0 aliphatic rings. The highest BCUT2D eigenvalue weighted by Crippen LogP contribution is 2.26. The van der Waals surface area contributed by atoms with Gasteiger partial charge in [0.1, 0.15) is 11.5 Å². The van der Waals surface area contributed by atoms with Crippen LogP contribution in [0.5, 0.6) is 11.5 Å². The molecule has 1 aromatic heterocycles. The van der Waals surface area contributed by atoms with E-state index >= 15 is 0 Å². The first kappa shape index (κ1) is 21.6. The van der Waals surface area contributed by atoms with Crippen LogP contribution < -0.4 is 9.46 Å². The number of hydrogen-bond acceptors (Lipinski definition) is 4. The van der Waals surface area contributed by atoms with Crippen LogP contribution in [0.3, 0.4) is 0 Å². The topological polar surface area (TPSA) is 73.2 Å². The van der Waals surface area contributed by atoms with E-state index in [4.69, 9.17) is 4.74 Å². The van der Waals surface area contributed by atoms with Crippen LogP contribution in [0.1, 0.15) is 22.5 Å². The number of aromatic nitrogens is 2. The van der Waals surface area contributed by atoms with E-state index < -0.39 is 10.0 Å². The Balaban J connectivity index is 1.55. The SMILES string of the molecule is Cc1ccc(S(=O)(=O)Nc2c(C)nn(Cc3cccc(Oc4ccccc4)c3)c2C)cc1. The summed E-state index contributed by atoms with van der Waals surface area (Å²) in [6.07, 6.45) is 0. The van der Waals surface area contributed by atoms with Gasteiger partial charge < -0.3 is 4.74 Å². The molecule has 0 radical (unpaired) electrons. The minimum absolute atomic E-state index is 0.223. The maximum atomic E-state index is 12.8. The highest BCUT2D eigenvalue weighted by atomic mass is 32.2. The zero-order valence-corrected chi connectivity index (χ0v) is 19.1. The van der Waals surface area contributed by atoms with E-state index in [1.54, 1.807) is 35.9 Å². The normalized spacial score (nSPS) is 11.3. The Labute approximate surface area is 188 Å². The molecule has 0 spiro atoms. The molecule has 0 atom stereocenters. The van der Waals surface area contributed by atoms with E-state index in [0.717, 1.165) is 28.3 Å². The lowest BCUT2D eigenvalue weighted by Gasteiger charge is -2.10. The molecule has 1 N–H and O–H groups in total. The molecule has 0 aliphatic carbocycles. The Hall–Kier alpha value is -3.58. The summed E-state index contributed by atoms with van der Waals surface area (Å²) in [5, 5.41) is 4.56. The van der Waals surface area contributed by atoms with Crippen molar-refractivity contribution < 1.29 is 13.2 Å². The number of rotatable bonds is 7. The van der Waals surface area contributed by atoms with E-state index in [0.29, 0.717) is 17.9 Å². The molecule has 4 rings (SSSR count). The van der Waals surface area contributed by atoms with Crippen molar-refractivity contribution in [3.63, 3.8) is 0 Å². The first-order valence-corrected chi connectivity index (χ1v) is 11.8. The highest BCUT2D eigenvalue weighted by molar-refractivity contribution is 7.92. The van der Waals surface area contributed by atoms with Gasteiger partial charge in [0.2, 0.25) is 0 Å². The van der Waals surface area contributed by atoms with Crippen LogP contribution >= 0.6 is 0 Å². The Kier molecular flexibility index (Phi) is 6.01. The number of aryl methyl sites for hydroxylation is 2. The van der Waals surface area contributed by atoms with E-state index in [-0.39, 0.29) is 4.90 Å². The molecule has 0 unspecified atom stereocenters. The van der Waals surface area contributed by atoms with Crippen LogP contribution in [-0.4, -0.2) is 18.2 Å². The largest absolute Gasteiger partial charge is 0.457 e. The Morgan fingerprint density at radius 2 is 1.56 bits per heavy atom. The third-order valence-electron chi connectivity index (χ3n) is 5.16. The van der Waals surface area contributed by atoms with Crippen LogP contribution in [0, 0.1) is 20.8 Å². The third-order valence-corrected chi connectivity index (χ3v) is 6.52. The minimum Gasteiger partial charge on any atom is -0.457 e. The molecule has 0 amide bonds. The van der Waals surface area contributed by atoms with E-state index in [1.807, 2.05) is 68.4 Å². The first-order chi connectivity index (χ1) is 15.3. The monoisotopic (exact) mass is 447 g/mol. The van der Waals surface area contributed by atoms with Gasteiger partial charge in [-0.1, -0.05) is 48.0 Å². The van der Waals surface area contributed by atoms with E-state index in [9.17, 15) is 8.42 Å². The third kappa shape index (κ3) is 4.84.